The molecule has 0 atom stereocenters. The second kappa shape index (κ2) is 10.6. The Labute approximate surface area is 174 Å². The van der Waals surface area contributed by atoms with Gasteiger partial charge >= 0.3 is 0 Å². The molecular weight excluding hydrogens is 392 g/mol. The van der Waals surface area contributed by atoms with Crippen LogP contribution in [0.5, 0.6) is 0 Å². The molecule has 0 radical (unpaired) electrons. The lowest BCUT2D eigenvalue weighted by atomic mass is 10.1. The summed E-state index contributed by atoms with van der Waals surface area (Å²) in [5.41, 5.74) is 7.47. The average Bonchev–Trinajstić information content (AvgIpc) is 2.93. The fourth-order valence-electron chi connectivity index (χ4n) is 2.73. The SMILES string of the molecule is C.C.Cc1cc(N)ccc1[N+](=O)[O-].Cc1cc(N2C(=O)CCC2=O)ccc1[N+](=O)[O-]. The smallest absolute Gasteiger partial charge is 0.272 e. The predicted molar refractivity (Wildman–Crippen MR) is 115 cm³/mol. The first kappa shape index (κ1) is 26.2. The van der Waals surface area contributed by atoms with E-state index in [0.717, 1.165) is 4.90 Å². The van der Waals surface area contributed by atoms with E-state index in [9.17, 15) is 29.8 Å². The van der Waals surface area contributed by atoms with E-state index < -0.39 is 9.85 Å². The van der Waals surface area contributed by atoms with E-state index in [4.69, 9.17) is 5.73 Å². The Morgan fingerprint density at radius 2 is 1.27 bits per heavy atom. The monoisotopic (exact) mass is 418 g/mol. The number of carbonyl (C=O) groups excluding carboxylic acids is 2. The van der Waals surface area contributed by atoms with E-state index in [0.29, 0.717) is 22.5 Å². The summed E-state index contributed by atoms with van der Waals surface area (Å²) in [7, 11) is 0. The lowest BCUT2D eigenvalue weighted by Gasteiger charge is -2.14. The normalized spacial score (nSPS) is 12.3. The number of rotatable bonds is 3. The highest BCUT2D eigenvalue weighted by Crippen LogP contribution is 2.27. The highest BCUT2D eigenvalue weighted by molar-refractivity contribution is 6.19. The zero-order valence-electron chi connectivity index (χ0n) is 15.2. The van der Waals surface area contributed by atoms with Crippen molar-refractivity contribution in [3.8, 4) is 0 Å². The lowest BCUT2D eigenvalue weighted by Crippen LogP contribution is -2.28. The van der Waals surface area contributed by atoms with Crippen LogP contribution in [0.15, 0.2) is 36.4 Å². The van der Waals surface area contributed by atoms with Crippen molar-refractivity contribution < 1.29 is 19.4 Å². The van der Waals surface area contributed by atoms with Crippen LogP contribution in [-0.2, 0) is 9.59 Å². The number of nitrogens with two attached hydrogens (primary N) is 1. The molecule has 10 heteroatoms. The second-order valence-electron chi connectivity index (χ2n) is 6.15. The Morgan fingerprint density at radius 1 is 0.833 bits per heavy atom. The zero-order valence-corrected chi connectivity index (χ0v) is 15.2. The molecule has 2 N–H and O–H groups in total. The van der Waals surface area contributed by atoms with Crippen molar-refractivity contribution in [2.75, 3.05) is 10.6 Å². The zero-order chi connectivity index (χ0) is 21.0. The third kappa shape index (κ3) is 5.84. The fourth-order valence-corrected chi connectivity index (χ4v) is 2.73. The van der Waals surface area contributed by atoms with Gasteiger partial charge in [0.2, 0.25) is 11.8 Å². The van der Waals surface area contributed by atoms with Gasteiger partial charge in [0, 0.05) is 41.8 Å². The number of anilines is 2. The van der Waals surface area contributed by atoms with Crippen LogP contribution in [-0.4, -0.2) is 21.7 Å². The largest absolute Gasteiger partial charge is 0.399 e. The van der Waals surface area contributed by atoms with Gasteiger partial charge in [-0.3, -0.25) is 34.7 Å². The Balaban J connectivity index is 0.000000569. The molecule has 1 saturated heterocycles. The van der Waals surface area contributed by atoms with Crippen LogP contribution in [0.25, 0.3) is 0 Å². The highest BCUT2D eigenvalue weighted by atomic mass is 16.6. The van der Waals surface area contributed by atoms with E-state index in [1.165, 1.54) is 30.3 Å². The van der Waals surface area contributed by atoms with Crippen LogP contribution in [0.4, 0.5) is 22.7 Å². The number of nitrogen functional groups attached to an aromatic ring is 1. The number of amides is 2. The first-order chi connectivity index (χ1) is 13.1. The summed E-state index contributed by atoms with van der Waals surface area (Å²) in [5, 5.41) is 20.9. The van der Waals surface area contributed by atoms with E-state index in [-0.39, 0.29) is 50.9 Å². The molecule has 2 aromatic carbocycles. The summed E-state index contributed by atoms with van der Waals surface area (Å²) in [6.45, 7) is 3.24. The molecule has 0 unspecified atom stereocenters. The van der Waals surface area contributed by atoms with Gasteiger partial charge < -0.3 is 5.73 Å². The molecule has 162 valence electrons. The average molecular weight is 418 g/mol. The maximum Gasteiger partial charge on any atom is 0.272 e. The number of carbonyl (C=O) groups is 2. The molecule has 2 aromatic rings. The van der Waals surface area contributed by atoms with Gasteiger partial charge in [-0.2, -0.15) is 0 Å². The van der Waals surface area contributed by atoms with Gasteiger partial charge in [-0.05, 0) is 38.1 Å². The molecule has 0 bridgehead atoms. The quantitative estimate of drug-likeness (QED) is 0.337. The number of nitro groups is 2. The minimum absolute atomic E-state index is 0. The van der Waals surface area contributed by atoms with Crippen molar-refractivity contribution in [3.63, 3.8) is 0 Å². The van der Waals surface area contributed by atoms with Crippen LogP contribution < -0.4 is 10.6 Å². The van der Waals surface area contributed by atoms with Gasteiger partial charge in [0.25, 0.3) is 11.4 Å². The number of hydrogen-bond acceptors (Lipinski definition) is 7. The van der Waals surface area contributed by atoms with Crippen molar-refractivity contribution in [2.45, 2.75) is 41.5 Å². The minimum Gasteiger partial charge on any atom is -0.399 e. The standard InChI is InChI=1S/C11H10N2O4.C7H8N2O2.2CH4/c1-7-6-8(2-3-9(7)13(16)17)12-10(14)4-5-11(12)15;1-5-4-6(8)2-3-7(5)9(10)11;;/h2-3,6H,4-5H2,1H3;2-4H,8H2,1H3;2*1H4. The molecule has 0 spiro atoms. The van der Waals surface area contributed by atoms with Gasteiger partial charge in [-0.25, -0.2) is 0 Å². The molecular formula is C20H26N4O6. The third-order valence-corrected chi connectivity index (χ3v) is 4.10. The molecule has 0 aromatic heterocycles. The first-order valence-corrected chi connectivity index (χ1v) is 8.23. The maximum atomic E-state index is 11.5. The molecule has 1 heterocycles. The maximum absolute atomic E-state index is 11.5. The molecule has 0 aliphatic carbocycles. The van der Waals surface area contributed by atoms with Crippen molar-refractivity contribution in [2.24, 2.45) is 0 Å². The fraction of sp³-hybridized carbons (Fsp3) is 0.300. The van der Waals surface area contributed by atoms with Crippen LogP contribution >= 0.6 is 0 Å². The van der Waals surface area contributed by atoms with Crippen molar-refractivity contribution in [1.29, 1.82) is 0 Å². The van der Waals surface area contributed by atoms with E-state index in [1.807, 2.05) is 0 Å². The molecule has 3 rings (SSSR count). The van der Waals surface area contributed by atoms with Crippen molar-refractivity contribution in [3.05, 3.63) is 67.8 Å². The second-order valence-corrected chi connectivity index (χ2v) is 6.15. The first-order valence-electron chi connectivity index (χ1n) is 8.23. The Kier molecular flexibility index (Phi) is 9.29. The van der Waals surface area contributed by atoms with Crippen LogP contribution in [0.3, 0.4) is 0 Å². The summed E-state index contributed by atoms with van der Waals surface area (Å²) in [4.78, 5) is 44.1. The third-order valence-electron chi connectivity index (χ3n) is 4.10. The molecule has 2 amide bonds. The summed E-state index contributed by atoms with van der Waals surface area (Å²) in [5.74, 6) is -0.522. The molecule has 10 nitrogen and oxygen atoms in total. The number of hydrogen-bond donors (Lipinski definition) is 1. The van der Waals surface area contributed by atoms with Gasteiger partial charge in [-0.15, -0.1) is 0 Å². The van der Waals surface area contributed by atoms with Gasteiger partial charge in [-0.1, -0.05) is 14.9 Å². The summed E-state index contributed by atoms with van der Waals surface area (Å²) in [6, 6.07) is 8.73. The molecule has 0 saturated carbocycles. The molecule has 30 heavy (non-hydrogen) atoms. The van der Waals surface area contributed by atoms with Crippen LogP contribution in [0.2, 0.25) is 0 Å². The van der Waals surface area contributed by atoms with Crippen molar-refractivity contribution >= 4 is 34.6 Å². The number of nitrogens with zero attached hydrogens (tertiary/aromatic N) is 3. The summed E-state index contributed by atoms with van der Waals surface area (Å²) >= 11 is 0. The highest BCUT2D eigenvalue weighted by Gasteiger charge is 2.30. The van der Waals surface area contributed by atoms with Gasteiger partial charge in [0.05, 0.1) is 15.5 Å². The van der Waals surface area contributed by atoms with Crippen molar-refractivity contribution in [1.82, 2.24) is 0 Å². The Morgan fingerprint density at radius 3 is 1.67 bits per heavy atom. The number of nitro benzene ring substituents is 2. The lowest BCUT2D eigenvalue weighted by molar-refractivity contribution is -0.385. The number of aryl methyl sites for hydroxylation is 2. The van der Waals surface area contributed by atoms with E-state index in [2.05, 4.69) is 0 Å². The van der Waals surface area contributed by atoms with Crippen LogP contribution in [0.1, 0.15) is 38.8 Å². The molecule has 1 fully saturated rings. The van der Waals surface area contributed by atoms with E-state index in [1.54, 1.807) is 19.9 Å². The topological polar surface area (TPSA) is 150 Å². The predicted octanol–water partition coefficient (Wildman–Crippen LogP) is 4.31. The number of benzene rings is 2. The molecule has 1 aliphatic heterocycles. The van der Waals surface area contributed by atoms with Crippen LogP contribution in [0, 0.1) is 34.1 Å². The Hall–Kier alpha value is -3.82. The summed E-state index contributed by atoms with van der Waals surface area (Å²) in [6.07, 6.45) is 0.406. The molecule has 1 aliphatic rings. The number of imide groups is 1. The van der Waals surface area contributed by atoms with Gasteiger partial charge in [0.1, 0.15) is 0 Å². The van der Waals surface area contributed by atoms with E-state index >= 15 is 0 Å². The Bertz CT molecular complexity index is 958. The minimum atomic E-state index is -0.493. The van der Waals surface area contributed by atoms with Gasteiger partial charge in [0.15, 0.2) is 0 Å². The summed E-state index contributed by atoms with van der Waals surface area (Å²) < 4.78 is 0.